The van der Waals surface area contributed by atoms with Crippen LogP contribution in [0.2, 0.25) is 10.0 Å². The number of carbonyl (C=O) groups excluding carboxylic acids is 2. The lowest BCUT2D eigenvalue weighted by atomic mass is 10.1. The van der Waals surface area contributed by atoms with E-state index in [0.29, 0.717) is 22.3 Å². The second-order valence-corrected chi connectivity index (χ2v) is 11.6. The minimum Gasteiger partial charge on any atom is -0.354 e. The number of benzene rings is 2. The average molecular weight is 557 g/mol. The van der Waals surface area contributed by atoms with E-state index in [-0.39, 0.29) is 37.7 Å². The van der Waals surface area contributed by atoms with Crippen molar-refractivity contribution in [3.05, 3.63) is 63.6 Å². The molecule has 36 heavy (non-hydrogen) atoms. The first-order valence-electron chi connectivity index (χ1n) is 12.0. The van der Waals surface area contributed by atoms with Crippen molar-refractivity contribution in [2.45, 2.75) is 59.0 Å². The van der Waals surface area contributed by atoms with E-state index < -0.39 is 16.1 Å². The summed E-state index contributed by atoms with van der Waals surface area (Å²) >= 11 is 12.1. The molecule has 2 aromatic carbocycles. The molecule has 1 atom stereocenters. The van der Waals surface area contributed by atoms with Crippen molar-refractivity contribution in [1.82, 2.24) is 10.2 Å². The lowest BCUT2D eigenvalue weighted by molar-refractivity contribution is -0.140. The molecule has 2 rings (SSSR count). The number of nitrogens with zero attached hydrogens (tertiary/aromatic N) is 2. The van der Waals surface area contributed by atoms with Gasteiger partial charge in [0.1, 0.15) is 6.04 Å². The summed E-state index contributed by atoms with van der Waals surface area (Å²) in [6.07, 6.45) is 3.29. The summed E-state index contributed by atoms with van der Waals surface area (Å²) in [5.41, 5.74) is 2.09. The molecule has 2 aromatic rings. The van der Waals surface area contributed by atoms with Gasteiger partial charge in [-0.25, -0.2) is 8.42 Å². The summed E-state index contributed by atoms with van der Waals surface area (Å²) < 4.78 is 26.3. The maximum atomic E-state index is 13.3. The fourth-order valence-corrected chi connectivity index (χ4v) is 5.05. The SMILES string of the molecule is CCCCNC(=O)[C@H](C)N(Cc1ccc(Cl)cc1)C(=O)CCCN(c1cc(Cl)ccc1C)S(C)(=O)=O. The molecule has 7 nitrogen and oxygen atoms in total. The molecule has 0 heterocycles. The molecule has 10 heteroatoms. The van der Waals surface area contributed by atoms with Gasteiger partial charge < -0.3 is 10.2 Å². The maximum Gasteiger partial charge on any atom is 0.242 e. The Morgan fingerprint density at radius 2 is 1.67 bits per heavy atom. The lowest BCUT2D eigenvalue weighted by Crippen LogP contribution is -2.48. The molecule has 2 amide bonds. The number of hydrogen-bond donors (Lipinski definition) is 1. The molecule has 0 unspecified atom stereocenters. The maximum absolute atomic E-state index is 13.3. The van der Waals surface area contributed by atoms with Gasteiger partial charge in [0, 0.05) is 36.1 Å². The van der Waals surface area contributed by atoms with Gasteiger partial charge in [0.05, 0.1) is 11.9 Å². The van der Waals surface area contributed by atoms with Crippen molar-refractivity contribution in [2.24, 2.45) is 0 Å². The molecule has 0 bridgehead atoms. The Kier molecular flexibility index (Phi) is 11.5. The highest BCUT2D eigenvalue weighted by Crippen LogP contribution is 2.27. The van der Waals surface area contributed by atoms with E-state index in [4.69, 9.17) is 23.2 Å². The third-order valence-electron chi connectivity index (χ3n) is 5.86. The Hall–Kier alpha value is -2.29. The molecule has 0 radical (unpaired) electrons. The normalized spacial score (nSPS) is 12.2. The van der Waals surface area contributed by atoms with Gasteiger partial charge in [-0.15, -0.1) is 0 Å². The Bertz CT molecular complexity index is 1140. The van der Waals surface area contributed by atoms with Crippen LogP contribution < -0.4 is 9.62 Å². The summed E-state index contributed by atoms with van der Waals surface area (Å²) in [4.78, 5) is 27.6. The summed E-state index contributed by atoms with van der Waals surface area (Å²) in [5.74, 6) is -0.461. The first kappa shape index (κ1) is 29.9. The van der Waals surface area contributed by atoms with E-state index in [1.54, 1.807) is 37.3 Å². The van der Waals surface area contributed by atoms with Crippen LogP contribution in [0, 0.1) is 6.92 Å². The highest BCUT2D eigenvalue weighted by atomic mass is 35.5. The number of halogens is 2. The second-order valence-electron chi connectivity index (χ2n) is 8.84. The molecule has 198 valence electrons. The van der Waals surface area contributed by atoms with Crippen molar-refractivity contribution in [3.8, 4) is 0 Å². The van der Waals surface area contributed by atoms with E-state index >= 15 is 0 Å². The molecule has 0 aliphatic rings. The van der Waals surface area contributed by atoms with Crippen LogP contribution in [0.1, 0.15) is 50.7 Å². The van der Waals surface area contributed by atoms with Crippen LogP contribution in [0.3, 0.4) is 0 Å². The first-order valence-corrected chi connectivity index (χ1v) is 14.6. The number of nitrogens with one attached hydrogen (secondary N) is 1. The zero-order valence-electron chi connectivity index (χ0n) is 21.3. The summed E-state index contributed by atoms with van der Waals surface area (Å²) in [6.45, 7) is 6.44. The Labute approximate surface area is 224 Å². The standard InChI is InChI=1S/C26H35Cl2N3O4S/c1-5-6-15-29-26(33)20(3)30(18-21-10-13-22(27)14-11-21)25(32)8-7-16-31(36(4,34)35)24-17-23(28)12-9-19(24)2/h9-14,17,20H,5-8,15-16,18H2,1-4H3,(H,29,33)/t20-/m0/s1. The fourth-order valence-electron chi connectivity index (χ4n) is 3.74. The molecule has 0 aliphatic heterocycles. The number of hydrogen-bond acceptors (Lipinski definition) is 4. The van der Waals surface area contributed by atoms with Gasteiger partial charge in [0.25, 0.3) is 0 Å². The largest absolute Gasteiger partial charge is 0.354 e. The van der Waals surface area contributed by atoms with E-state index in [9.17, 15) is 18.0 Å². The molecule has 0 spiro atoms. The van der Waals surface area contributed by atoms with Gasteiger partial charge in [0.15, 0.2) is 0 Å². The third kappa shape index (κ3) is 8.98. The van der Waals surface area contributed by atoms with Crippen LogP contribution in [0.25, 0.3) is 0 Å². The minimum atomic E-state index is -3.60. The van der Waals surface area contributed by atoms with Crippen LogP contribution in [0.4, 0.5) is 5.69 Å². The van der Waals surface area contributed by atoms with Crippen LogP contribution >= 0.6 is 23.2 Å². The molecule has 0 saturated heterocycles. The Morgan fingerprint density at radius 3 is 2.28 bits per heavy atom. The van der Waals surface area contributed by atoms with Crippen molar-refractivity contribution in [2.75, 3.05) is 23.7 Å². The number of carbonyl (C=O) groups is 2. The minimum absolute atomic E-state index is 0.0752. The molecule has 0 fully saturated rings. The van der Waals surface area contributed by atoms with E-state index in [1.165, 1.54) is 9.21 Å². The van der Waals surface area contributed by atoms with Crippen molar-refractivity contribution < 1.29 is 18.0 Å². The lowest BCUT2D eigenvalue weighted by Gasteiger charge is -2.29. The smallest absolute Gasteiger partial charge is 0.242 e. The summed E-state index contributed by atoms with van der Waals surface area (Å²) in [6, 6.07) is 11.5. The van der Waals surface area contributed by atoms with Crippen LogP contribution in [0.5, 0.6) is 0 Å². The van der Waals surface area contributed by atoms with E-state index in [2.05, 4.69) is 5.32 Å². The summed E-state index contributed by atoms with van der Waals surface area (Å²) in [5, 5.41) is 3.90. The number of sulfonamides is 1. The van der Waals surface area contributed by atoms with Crippen molar-refractivity contribution in [1.29, 1.82) is 0 Å². The number of amides is 2. The van der Waals surface area contributed by atoms with Gasteiger partial charge in [-0.05, 0) is 62.1 Å². The van der Waals surface area contributed by atoms with Crippen molar-refractivity contribution in [3.63, 3.8) is 0 Å². The van der Waals surface area contributed by atoms with Gasteiger partial charge in [-0.2, -0.15) is 0 Å². The molecule has 0 aromatic heterocycles. The molecule has 0 saturated carbocycles. The summed E-state index contributed by atoms with van der Waals surface area (Å²) in [7, 11) is -3.60. The highest BCUT2D eigenvalue weighted by molar-refractivity contribution is 7.92. The zero-order chi connectivity index (χ0) is 26.9. The topological polar surface area (TPSA) is 86.8 Å². The second kappa shape index (κ2) is 13.9. The van der Waals surface area contributed by atoms with Crippen LogP contribution in [-0.4, -0.2) is 50.5 Å². The monoisotopic (exact) mass is 555 g/mol. The predicted octanol–water partition coefficient (Wildman–Crippen LogP) is 5.18. The number of rotatable bonds is 13. The highest BCUT2D eigenvalue weighted by Gasteiger charge is 2.27. The zero-order valence-corrected chi connectivity index (χ0v) is 23.6. The first-order chi connectivity index (χ1) is 16.9. The average Bonchev–Trinajstić information content (AvgIpc) is 2.82. The number of aryl methyl sites for hydroxylation is 1. The van der Waals surface area contributed by atoms with Crippen LogP contribution in [0.15, 0.2) is 42.5 Å². The molecular weight excluding hydrogens is 521 g/mol. The molecular formula is C26H35Cl2N3O4S. The number of anilines is 1. The quantitative estimate of drug-likeness (QED) is 0.345. The number of unbranched alkanes of at least 4 members (excludes halogenated alkanes) is 1. The van der Waals surface area contributed by atoms with E-state index in [1.807, 2.05) is 26.0 Å². The van der Waals surface area contributed by atoms with E-state index in [0.717, 1.165) is 30.2 Å². The Morgan fingerprint density at radius 1 is 1.03 bits per heavy atom. The third-order valence-corrected chi connectivity index (χ3v) is 7.52. The molecule has 1 N–H and O–H groups in total. The van der Waals surface area contributed by atoms with Gasteiger partial charge in [-0.1, -0.05) is 54.7 Å². The van der Waals surface area contributed by atoms with Gasteiger partial charge in [-0.3, -0.25) is 13.9 Å². The van der Waals surface area contributed by atoms with Crippen LogP contribution in [-0.2, 0) is 26.2 Å². The van der Waals surface area contributed by atoms with Crippen molar-refractivity contribution >= 4 is 50.7 Å². The Balaban J connectivity index is 2.17. The molecule has 0 aliphatic carbocycles. The fraction of sp³-hybridized carbons (Fsp3) is 0.462. The predicted molar refractivity (Wildman–Crippen MR) is 147 cm³/mol. The van der Waals surface area contributed by atoms with Gasteiger partial charge in [0.2, 0.25) is 21.8 Å². The van der Waals surface area contributed by atoms with Gasteiger partial charge >= 0.3 is 0 Å².